The average molecular weight is 665 g/mol. The molecule has 0 aromatic heterocycles. The molecule has 0 saturated carbocycles. The van der Waals surface area contributed by atoms with Crippen LogP contribution in [0.25, 0.3) is 0 Å². The zero-order chi connectivity index (χ0) is 34.1. The fraction of sp³-hybridized carbons (Fsp3) is 0.514. The van der Waals surface area contributed by atoms with Crippen LogP contribution in [0.4, 0.5) is 0 Å². The van der Waals surface area contributed by atoms with Gasteiger partial charge in [0.25, 0.3) is 0 Å². The third-order valence-corrected chi connectivity index (χ3v) is 9.59. The molecule has 6 atom stereocenters. The van der Waals surface area contributed by atoms with E-state index in [0.29, 0.717) is 44.5 Å². The Morgan fingerprint density at radius 1 is 0.915 bits per heavy atom. The van der Waals surface area contributed by atoms with Crippen molar-refractivity contribution in [1.29, 1.82) is 0 Å². The van der Waals surface area contributed by atoms with Gasteiger partial charge in [0.05, 0.1) is 6.04 Å². The van der Waals surface area contributed by atoms with Gasteiger partial charge in [0.15, 0.2) is 0 Å². The van der Waals surface area contributed by atoms with Crippen molar-refractivity contribution in [3.05, 3.63) is 71.8 Å². The Balaban J connectivity index is 1.52. The molecule has 0 spiro atoms. The molecule has 2 heterocycles. The van der Waals surface area contributed by atoms with Gasteiger partial charge in [-0.1, -0.05) is 74.5 Å². The van der Waals surface area contributed by atoms with Crippen molar-refractivity contribution in [2.24, 2.45) is 23.3 Å². The van der Waals surface area contributed by atoms with Gasteiger partial charge in [-0.3, -0.25) is 24.0 Å². The zero-order valence-corrected chi connectivity index (χ0v) is 28.3. The van der Waals surface area contributed by atoms with E-state index in [2.05, 4.69) is 10.6 Å². The van der Waals surface area contributed by atoms with Gasteiger partial charge in [0.2, 0.25) is 29.5 Å². The lowest BCUT2D eigenvalue weighted by atomic mass is 10.0. The van der Waals surface area contributed by atoms with E-state index < -0.39 is 47.9 Å². The number of likely N-dealkylation sites (tertiary alicyclic amines) is 2. The second-order valence-corrected chi connectivity index (χ2v) is 13.9. The quantitative estimate of drug-likeness (QED) is 0.211. The SMILES string of the molecule is CSCC[C@H](NC(=O)[C@@H](CC(C)C)N1C[C@@H]2CCN(C(=O)[C@H](Cc3ccccc3)NC(=O)[C@@H](N)Cc3ccccc3)[C@@H]2C1=O)C(N)=O. The van der Waals surface area contributed by atoms with Gasteiger partial charge in [0, 0.05) is 25.4 Å². The molecule has 0 radical (unpaired) electrons. The maximum Gasteiger partial charge on any atom is 0.246 e. The molecule has 2 saturated heterocycles. The maximum absolute atomic E-state index is 14.2. The van der Waals surface area contributed by atoms with Gasteiger partial charge in [-0.2, -0.15) is 11.8 Å². The van der Waals surface area contributed by atoms with Crippen LogP contribution in [0.15, 0.2) is 60.7 Å². The molecule has 6 N–H and O–H groups in total. The van der Waals surface area contributed by atoms with Crippen molar-refractivity contribution in [2.45, 2.75) is 76.2 Å². The summed E-state index contributed by atoms with van der Waals surface area (Å²) < 4.78 is 0. The van der Waals surface area contributed by atoms with E-state index in [-0.39, 0.29) is 30.1 Å². The molecule has 0 aliphatic carbocycles. The number of nitrogens with one attached hydrogen (secondary N) is 2. The molecule has 12 heteroatoms. The van der Waals surface area contributed by atoms with Crippen molar-refractivity contribution >= 4 is 41.3 Å². The summed E-state index contributed by atoms with van der Waals surface area (Å²) in [4.78, 5) is 70.5. The van der Waals surface area contributed by atoms with Crippen LogP contribution in [0.2, 0.25) is 0 Å². The van der Waals surface area contributed by atoms with Gasteiger partial charge in [-0.15, -0.1) is 0 Å². The molecule has 2 aliphatic heterocycles. The Morgan fingerprint density at radius 3 is 2.09 bits per heavy atom. The van der Waals surface area contributed by atoms with Crippen LogP contribution in [-0.4, -0.2) is 94.6 Å². The van der Waals surface area contributed by atoms with Crippen LogP contribution in [0, 0.1) is 11.8 Å². The summed E-state index contributed by atoms with van der Waals surface area (Å²) in [5, 5.41) is 5.68. The highest BCUT2D eigenvalue weighted by atomic mass is 32.2. The Labute approximate surface area is 281 Å². The van der Waals surface area contributed by atoms with E-state index in [0.717, 1.165) is 11.1 Å². The largest absolute Gasteiger partial charge is 0.368 e. The van der Waals surface area contributed by atoms with E-state index in [4.69, 9.17) is 11.5 Å². The molecular weight excluding hydrogens is 616 g/mol. The van der Waals surface area contributed by atoms with Crippen LogP contribution < -0.4 is 22.1 Å². The smallest absolute Gasteiger partial charge is 0.246 e. The van der Waals surface area contributed by atoms with Gasteiger partial charge in [0.1, 0.15) is 24.2 Å². The molecule has 2 aliphatic rings. The van der Waals surface area contributed by atoms with E-state index in [9.17, 15) is 24.0 Å². The third kappa shape index (κ3) is 9.35. The van der Waals surface area contributed by atoms with E-state index >= 15 is 0 Å². The molecule has 254 valence electrons. The van der Waals surface area contributed by atoms with Crippen LogP contribution in [0.5, 0.6) is 0 Å². The maximum atomic E-state index is 14.2. The summed E-state index contributed by atoms with van der Waals surface area (Å²) in [6.07, 6.45) is 3.83. The Kier molecular flexibility index (Phi) is 12.8. The molecule has 2 aromatic rings. The second-order valence-electron chi connectivity index (χ2n) is 13.0. The number of rotatable bonds is 16. The molecule has 2 fully saturated rings. The van der Waals surface area contributed by atoms with Gasteiger partial charge >= 0.3 is 0 Å². The molecule has 2 aromatic carbocycles. The van der Waals surface area contributed by atoms with E-state index in [1.54, 1.807) is 21.6 Å². The first-order valence-corrected chi connectivity index (χ1v) is 17.7. The summed E-state index contributed by atoms with van der Waals surface area (Å²) in [6, 6.07) is 14.6. The average Bonchev–Trinajstić information content (AvgIpc) is 3.61. The summed E-state index contributed by atoms with van der Waals surface area (Å²) in [6.45, 7) is 4.62. The standard InChI is InChI=1S/C35H48N6O5S/c1-22(2)18-29(33(44)38-27(31(37)42)15-17-47-3)41-21-25-14-16-40(30(25)35(41)46)34(45)28(20-24-12-8-5-9-13-24)39-32(43)26(36)19-23-10-6-4-7-11-23/h4-13,22,25-30H,14-21,36H2,1-3H3,(H2,37,42)(H,38,44)(H,39,43)/t25-,26-,27-,28-,29+,30-/m0/s1. The fourth-order valence-corrected chi connectivity index (χ4v) is 7.00. The van der Waals surface area contributed by atoms with E-state index in [1.807, 2.05) is 80.8 Å². The lowest BCUT2D eigenvalue weighted by Crippen LogP contribution is -2.57. The minimum atomic E-state index is -0.935. The molecule has 11 nitrogen and oxygen atoms in total. The Hall–Kier alpha value is -3.90. The molecular formula is C35H48N6O5S. The number of nitrogens with zero attached hydrogens (tertiary/aromatic N) is 2. The molecule has 5 amide bonds. The van der Waals surface area contributed by atoms with Gasteiger partial charge in [-0.25, -0.2) is 0 Å². The highest BCUT2D eigenvalue weighted by molar-refractivity contribution is 7.98. The highest BCUT2D eigenvalue weighted by Crippen LogP contribution is 2.35. The number of benzene rings is 2. The first-order chi connectivity index (χ1) is 22.5. The van der Waals surface area contributed by atoms with Crippen molar-refractivity contribution in [3.8, 4) is 0 Å². The van der Waals surface area contributed by atoms with Gasteiger partial charge in [-0.05, 0) is 54.7 Å². The normalized spacial score (nSPS) is 20.0. The number of primary amides is 1. The number of fused-ring (bicyclic) bond motifs is 1. The molecule has 0 bridgehead atoms. The minimum absolute atomic E-state index is 0.0838. The molecule has 0 unspecified atom stereocenters. The first kappa shape index (κ1) is 35.9. The number of carbonyl (C=O) groups excluding carboxylic acids is 5. The summed E-state index contributed by atoms with van der Waals surface area (Å²) in [5.74, 6) is -1.57. The number of carbonyl (C=O) groups is 5. The summed E-state index contributed by atoms with van der Waals surface area (Å²) in [7, 11) is 0. The predicted molar refractivity (Wildman–Crippen MR) is 183 cm³/mol. The first-order valence-electron chi connectivity index (χ1n) is 16.3. The number of hydrogen-bond acceptors (Lipinski definition) is 7. The topological polar surface area (TPSA) is 168 Å². The van der Waals surface area contributed by atoms with Crippen molar-refractivity contribution in [2.75, 3.05) is 25.1 Å². The molecule has 4 rings (SSSR count). The third-order valence-electron chi connectivity index (χ3n) is 8.95. The summed E-state index contributed by atoms with van der Waals surface area (Å²) >= 11 is 1.55. The minimum Gasteiger partial charge on any atom is -0.368 e. The van der Waals surface area contributed by atoms with Gasteiger partial charge < -0.3 is 31.9 Å². The summed E-state index contributed by atoms with van der Waals surface area (Å²) in [5.41, 5.74) is 13.6. The Morgan fingerprint density at radius 2 is 1.51 bits per heavy atom. The van der Waals surface area contributed by atoms with E-state index in [1.165, 1.54) is 0 Å². The number of nitrogens with two attached hydrogens (primary N) is 2. The van der Waals surface area contributed by atoms with Crippen LogP contribution >= 0.6 is 11.8 Å². The Bertz CT molecular complexity index is 1390. The van der Waals surface area contributed by atoms with Crippen molar-refractivity contribution in [1.82, 2.24) is 20.4 Å². The number of hydrogen-bond donors (Lipinski definition) is 4. The monoisotopic (exact) mass is 664 g/mol. The van der Waals surface area contributed by atoms with Crippen LogP contribution in [-0.2, 0) is 36.8 Å². The fourth-order valence-electron chi connectivity index (χ4n) is 6.52. The highest BCUT2D eigenvalue weighted by Gasteiger charge is 2.53. The zero-order valence-electron chi connectivity index (χ0n) is 27.5. The molecule has 47 heavy (non-hydrogen) atoms. The lowest BCUT2D eigenvalue weighted by molar-refractivity contribution is -0.146. The predicted octanol–water partition coefficient (Wildman–Crippen LogP) is 1.48. The second kappa shape index (κ2) is 16.8. The number of thioether (sulfide) groups is 1. The van der Waals surface area contributed by atoms with Crippen LogP contribution in [0.1, 0.15) is 44.2 Å². The lowest BCUT2D eigenvalue weighted by Gasteiger charge is -2.32. The number of amides is 5. The van der Waals surface area contributed by atoms with Crippen molar-refractivity contribution in [3.63, 3.8) is 0 Å². The van der Waals surface area contributed by atoms with Crippen molar-refractivity contribution < 1.29 is 24.0 Å². The van der Waals surface area contributed by atoms with Crippen LogP contribution in [0.3, 0.4) is 0 Å².